The maximum atomic E-state index is 12.4. The molecule has 2 aliphatic heterocycles. The van der Waals surface area contributed by atoms with Gasteiger partial charge < -0.3 is 9.80 Å². The smallest absolute Gasteiger partial charge is 0.225 e. The summed E-state index contributed by atoms with van der Waals surface area (Å²) in [6.07, 6.45) is 0.293. The van der Waals surface area contributed by atoms with E-state index in [9.17, 15) is 18.0 Å². The number of hydrogen-bond donors (Lipinski definition) is 0. The predicted octanol–water partition coefficient (Wildman–Crippen LogP) is -0.0152. The van der Waals surface area contributed by atoms with Gasteiger partial charge in [0.1, 0.15) is 0 Å². The Balaban J connectivity index is 2.34. The molecule has 2 aliphatic rings. The first-order valence-electron chi connectivity index (χ1n) is 8.11. The molecule has 132 valence electrons. The molecule has 0 aromatic rings. The van der Waals surface area contributed by atoms with E-state index < -0.39 is 15.4 Å². The third kappa shape index (κ3) is 3.68. The van der Waals surface area contributed by atoms with E-state index >= 15 is 0 Å². The van der Waals surface area contributed by atoms with Gasteiger partial charge in [-0.15, -0.1) is 0 Å². The van der Waals surface area contributed by atoms with Crippen LogP contribution in [0.1, 0.15) is 27.2 Å². The molecule has 23 heavy (non-hydrogen) atoms. The predicted molar refractivity (Wildman–Crippen MR) is 87.1 cm³/mol. The van der Waals surface area contributed by atoms with Crippen molar-refractivity contribution in [1.29, 1.82) is 0 Å². The van der Waals surface area contributed by atoms with Crippen LogP contribution in [0.25, 0.3) is 0 Å². The summed E-state index contributed by atoms with van der Waals surface area (Å²) in [5.41, 5.74) is -0.505. The second-order valence-electron chi connectivity index (χ2n) is 7.08. The molecule has 0 bridgehead atoms. The molecule has 8 heteroatoms. The standard InChI is InChI=1S/C15H27N3O4S/c1-5-23(21,22)18-7-6-17(14(20)12(2)3)10-15(11-18)8-13(19)16(4)9-15/h12H,5-11H2,1-4H3/t15-/m1/s1. The van der Waals surface area contributed by atoms with Gasteiger partial charge in [-0.3, -0.25) is 9.59 Å². The van der Waals surface area contributed by atoms with Gasteiger partial charge in [-0.2, -0.15) is 4.31 Å². The van der Waals surface area contributed by atoms with Gasteiger partial charge in [0.2, 0.25) is 21.8 Å². The summed E-state index contributed by atoms with van der Waals surface area (Å²) in [5.74, 6) is -0.0821. The second-order valence-corrected chi connectivity index (χ2v) is 9.33. The van der Waals surface area contributed by atoms with Gasteiger partial charge in [-0.25, -0.2) is 8.42 Å². The molecule has 1 atom stereocenters. The van der Waals surface area contributed by atoms with Crippen molar-refractivity contribution in [3.8, 4) is 0 Å². The van der Waals surface area contributed by atoms with Crippen LogP contribution in [0.5, 0.6) is 0 Å². The van der Waals surface area contributed by atoms with Crippen molar-refractivity contribution < 1.29 is 18.0 Å². The maximum Gasteiger partial charge on any atom is 0.225 e. The Kier molecular flexibility index (Phi) is 5.06. The number of nitrogens with zero attached hydrogens (tertiary/aromatic N) is 3. The summed E-state index contributed by atoms with van der Waals surface area (Å²) in [6, 6.07) is 0. The Hall–Kier alpha value is -1.15. The number of sulfonamides is 1. The Morgan fingerprint density at radius 2 is 1.87 bits per heavy atom. The minimum Gasteiger partial charge on any atom is -0.345 e. The molecule has 2 fully saturated rings. The van der Waals surface area contributed by atoms with Gasteiger partial charge in [0.15, 0.2) is 0 Å². The lowest BCUT2D eigenvalue weighted by atomic mass is 9.86. The lowest BCUT2D eigenvalue weighted by Crippen LogP contribution is -2.46. The zero-order chi connectivity index (χ0) is 17.4. The van der Waals surface area contributed by atoms with Gasteiger partial charge in [0, 0.05) is 57.5 Å². The van der Waals surface area contributed by atoms with Crippen molar-refractivity contribution >= 4 is 21.8 Å². The van der Waals surface area contributed by atoms with Crippen LogP contribution in [0, 0.1) is 11.3 Å². The number of amides is 2. The van der Waals surface area contributed by atoms with Gasteiger partial charge in [0.05, 0.1) is 5.75 Å². The van der Waals surface area contributed by atoms with E-state index in [2.05, 4.69) is 0 Å². The van der Waals surface area contributed by atoms with E-state index in [4.69, 9.17) is 0 Å². The molecule has 0 aromatic carbocycles. The largest absolute Gasteiger partial charge is 0.345 e. The third-order valence-corrected chi connectivity index (χ3v) is 6.57. The first kappa shape index (κ1) is 18.2. The molecule has 0 unspecified atom stereocenters. The molecule has 2 heterocycles. The van der Waals surface area contributed by atoms with Crippen LogP contribution in [-0.4, -0.2) is 79.9 Å². The molecule has 0 radical (unpaired) electrons. The highest BCUT2D eigenvalue weighted by atomic mass is 32.2. The molecule has 2 amide bonds. The van der Waals surface area contributed by atoms with Crippen LogP contribution in [0.15, 0.2) is 0 Å². The molecular weight excluding hydrogens is 318 g/mol. The summed E-state index contributed by atoms with van der Waals surface area (Å²) in [6.45, 7) is 7.22. The molecule has 0 aliphatic carbocycles. The number of carbonyl (C=O) groups excluding carboxylic acids is 2. The van der Waals surface area contributed by atoms with E-state index in [-0.39, 0.29) is 23.5 Å². The SMILES string of the molecule is CCS(=O)(=O)N1CCN(C(=O)C(C)C)C[C@]2(CC(=O)N(C)C2)C1. The monoisotopic (exact) mass is 345 g/mol. The molecule has 2 rings (SSSR count). The normalized spacial score (nSPS) is 27.1. The van der Waals surface area contributed by atoms with E-state index in [1.807, 2.05) is 13.8 Å². The van der Waals surface area contributed by atoms with Gasteiger partial charge in [-0.1, -0.05) is 13.8 Å². The molecular formula is C15H27N3O4S. The molecule has 0 aromatic heterocycles. The molecule has 2 saturated heterocycles. The summed E-state index contributed by atoms with van der Waals surface area (Å²) in [5, 5.41) is 0. The third-order valence-electron chi connectivity index (χ3n) is 4.75. The quantitative estimate of drug-likeness (QED) is 0.720. The Bertz CT molecular complexity index is 590. The minimum absolute atomic E-state index is 0.0118. The fourth-order valence-corrected chi connectivity index (χ4v) is 4.70. The molecule has 0 N–H and O–H groups in total. The van der Waals surface area contributed by atoms with Crippen molar-refractivity contribution in [3.63, 3.8) is 0 Å². The fraction of sp³-hybridized carbons (Fsp3) is 0.867. The van der Waals surface area contributed by atoms with Gasteiger partial charge >= 0.3 is 0 Å². The number of rotatable bonds is 3. The van der Waals surface area contributed by atoms with Crippen LogP contribution >= 0.6 is 0 Å². The zero-order valence-corrected chi connectivity index (χ0v) is 15.2. The average molecular weight is 345 g/mol. The molecule has 1 spiro atoms. The van der Waals surface area contributed by atoms with Crippen molar-refractivity contribution in [1.82, 2.24) is 14.1 Å². The van der Waals surface area contributed by atoms with Crippen molar-refractivity contribution in [3.05, 3.63) is 0 Å². The highest BCUT2D eigenvalue weighted by molar-refractivity contribution is 7.89. The first-order valence-corrected chi connectivity index (χ1v) is 9.72. The molecule has 7 nitrogen and oxygen atoms in total. The summed E-state index contributed by atoms with van der Waals surface area (Å²) in [7, 11) is -1.62. The maximum absolute atomic E-state index is 12.4. The van der Waals surface area contributed by atoms with Crippen LogP contribution in [-0.2, 0) is 19.6 Å². The first-order chi connectivity index (χ1) is 10.6. The average Bonchev–Trinajstić information content (AvgIpc) is 2.64. The highest BCUT2D eigenvalue weighted by Gasteiger charge is 2.47. The molecule has 0 saturated carbocycles. The van der Waals surface area contributed by atoms with E-state index in [0.717, 1.165) is 0 Å². The number of likely N-dealkylation sites (tertiary alicyclic amines) is 1. The fourth-order valence-electron chi connectivity index (χ4n) is 3.51. The summed E-state index contributed by atoms with van der Waals surface area (Å²) < 4.78 is 26.2. The number of carbonyl (C=O) groups is 2. The lowest BCUT2D eigenvalue weighted by Gasteiger charge is -2.33. The van der Waals surface area contributed by atoms with Gasteiger partial charge in [0.25, 0.3) is 0 Å². The van der Waals surface area contributed by atoms with Crippen molar-refractivity contribution in [2.45, 2.75) is 27.2 Å². The van der Waals surface area contributed by atoms with Crippen molar-refractivity contribution in [2.75, 3.05) is 45.5 Å². The van der Waals surface area contributed by atoms with E-state index in [1.54, 1.807) is 23.8 Å². The van der Waals surface area contributed by atoms with E-state index in [0.29, 0.717) is 39.1 Å². The second kappa shape index (κ2) is 6.39. The van der Waals surface area contributed by atoms with Crippen LogP contribution < -0.4 is 0 Å². The minimum atomic E-state index is -3.35. The lowest BCUT2D eigenvalue weighted by molar-refractivity contribution is -0.135. The summed E-state index contributed by atoms with van der Waals surface area (Å²) in [4.78, 5) is 27.9. The Morgan fingerprint density at radius 1 is 1.22 bits per heavy atom. The van der Waals surface area contributed by atoms with Crippen LogP contribution in [0.2, 0.25) is 0 Å². The number of hydrogen-bond acceptors (Lipinski definition) is 4. The van der Waals surface area contributed by atoms with Gasteiger partial charge in [-0.05, 0) is 6.92 Å². The van der Waals surface area contributed by atoms with Crippen LogP contribution in [0.4, 0.5) is 0 Å². The summed E-state index contributed by atoms with van der Waals surface area (Å²) >= 11 is 0. The Morgan fingerprint density at radius 3 is 2.35 bits per heavy atom. The highest BCUT2D eigenvalue weighted by Crippen LogP contribution is 2.35. The topological polar surface area (TPSA) is 78.0 Å². The van der Waals surface area contributed by atoms with Crippen molar-refractivity contribution in [2.24, 2.45) is 11.3 Å². The Labute approximate surface area is 138 Å². The van der Waals surface area contributed by atoms with Crippen LogP contribution in [0.3, 0.4) is 0 Å². The zero-order valence-electron chi connectivity index (χ0n) is 14.4. The van der Waals surface area contributed by atoms with E-state index in [1.165, 1.54) is 4.31 Å².